The van der Waals surface area contributed by atoms with Gasteiger partial charge in [-0.15, -0.1) is 0 Å². The smallest absolute Gasteiger partial charge is 0.342 e. The number of nitrogens with zero attached hydrogens (tertiary/aromatic N) is 3. The summed E-state index contributed by atoms with van der Waals surface area (Å²) in [6, 6.07) is 8.37. The first-order valence-corrected chi connectivity index (χ1v) is 11.7. The van der Waals surface area contributed by atoms with Crippen molar-refractivity contribution in [1.82, 2.24) is 13.7 Å². The lowest BCUT2D eigenvalue weighted by atomic mass is 10.2. The Morgan fingerprint density at radius 2 is 1.94 bits per heavy atom. The summed E-state index contributed by atoms with van der Waals surface area (Å²) in [7, 11) is -2.46. The number of rotatable bonds is 6. The summed E-state index contributed by atoms with van der Waals surface area (Å²) in [5.74, 6) is -0.661. The predicted molar refractivity (Wildman–Crippen MR) is 118 cm³/mol. The van der Waals surface area contributed by atoms with Crippen molar-refractivity contribution in [3.63, 3.8) is 0 Å². The summed E-state index contributed by atoms with van der Waals surface area (Å²) in [4.78, 5) is 29.3. The van der Waals surface area contributed by atoms with Crippen LogP contribution in [0.1, 0.15) is 16.1 Å². The summed E-state index contributed by atoms with van der Waals surface area (Å²) in [5.41, 5.74) is 0.127. The SMILES string of the molecule is COc1ccc(S(=O)(=O)N2CCOCC2)cc1C(=O)OCc1cc(=O)n2cc(Cl)ccc2n1. The van der Waals surface area contributed by atoms with Gasteiger partial charge < -0.3 is 14.2 Å². The largest absolute Gasteiger partial charge is 0.496 e. The molecule has 3 heterocycles. The molecule has 0 aliphatic carbocycles. The highest BCUT2D eigenvalue weighted by atomic mass is 35.5. The standard InChI is InChI=1S/C21H20ClN3O7S/c1-30-18-4-3-16(33(28,29)24-6-8-31-9-7-24)11-17(18)21(27)32-13-15-10-20(26)25-12-14(22)2-5-19(25)23-15/h2-5,10-12H,6-9,13H2,1H3. The van der Waals surface area contributed by atoms with Crippen LogP contribution < -0.4 is 10.3 Å². The van der Waals surface area contributed by atoms with Crippen molar-refractivity contribution in [2.24, 2.45) is 0 Å². The maximum atomic E-state index is 12.9. The van der Waals surface area contributed by atoms with Crippen molar-refractivity contribution in [3.05, 3.63) is 69.2 Å². The van der Waals surface area contributed by atoms with E-state index in [0.29, 0.717) is 23.9 Å². The number of benzene rings is 1. The van der Waals surface area contributed by atoms with Gasteiger partial charge in [-0.2, -0.15) is 4.31 Å². The molecule has 0 atom stereocenters. The topological polar surface area (TPSA) is 117 Å². The van der Waals surface area contributed by atoms with Crippen LogP contribution >= 0.6 is 11.6 Å². The van der Waals surface area contributed by atoms with Crippen molar-refractivity contribution in [1.29, 1.82) is 0 Å². The molecule has 174 valence electrons. The molecule has 1 aliphatic heterocycles. The average molecular weight is 494 g/mol. The van der Waals surface area contributed by atoms with Gasteiger partial charge >= 0.3 is 5.97 Å². The number of aromatic nitrogens is 2. The molecule has 0 spiro atoms. The van der Waals surface area contributed by atoms with E-state index >= 15 is 0 Å². The van der Waals surface area contributed by atoms with Gasteiger partial charge in [-0.25, -0.2) is 18.2 Å². The zero-order chi connectivity index (χ0) is 23.6. The Bertz CT molecular complexity index is 1370. The second-order valence-corrected chi connectivity index (χ2v) is 9.49. The van der Waals surface area contributed by atoms with E-state index in [1.165, 1.54) is 46.3 Å². The Kier molecular flexibility index (Phi) is 6.66. The number of hydrogen-bond acceptors (Lipinski definition) is 8. The number of fused-ring (bicyclic) bond motifs is 1. The van der Waals surface area contributed by atoms with Crippen LogP contribution in [0.15, 0.2) is 52.3 Å². The van der Waals surface area contributed by atoms with Crippen LogP contribution in [0.4, 0.5) is 0 Å². The van der Waals surface area contributed by atoms with Gasteiger partial charge in [-0.3, -0.25) is 9.20 Å². The average Bonchev–Trinajstić information content (AvgIpc) is 2.83. The third kappa shape index (κ3) is 4.86. The quantitative estimate of drug-likeness (QED) is 0.477. The molecule has 0 radical (unpaired) electrons. The first kappa shape index (κ1) is 23.2. The van der Waals surface area contributed by atoms with Gasteiger partial charge in [0.15, 0.2) is 0 Å². The molecular formula is C21H20ClN3O7S. The van der Waals surface area contributed by atoms with Crippen LogP contribution in [0.5, 0.6) is 5.75 Å². The van der Waals surface area contributed by atoms with Crippen LogP contribution in [-0.2, 0) is 26.1 Å². The first-order valence-electron chi connectivity index (χ1n) is 9.90. The van der Waals surface area contributed by atoms with Crippen molar-refractivity contribution in [2.75, 3.05) is 33.4 Å². The Labute approximate surface area is 194 Å². The molecule has 1 aromatic carbocycles. The zero-order valence-electron chi connectivity index (χ0n) is 17.6. The number of methoxy groups -OCH3 is 1. The molecule has 1 saturated heterocycles. The third-order valence-corrected chi connectivity index (χ3v) is 7.14. The fraction of sp³-hybridized carbons (Fsp3) is 0.286. The summed E-state index contributed by atoms with van der Waals surface area (Å²) < 4.78 is 44.2. The molecule has 33 heavy (non-hydrogen) atoms. The van der Waals surface area contributed by atoms with E-state index in [2.05, 4.69) is 4.98 Å². The molecule has 2 aromatic heterocycles. The monoisotopic (exact) mass is 493 g/mol. The van der Waals surface area contributed by atoms with Crippen molar-refractivity contribution < 1.29 is 27.4 Å². The number of esters is 1. The minimum absolute atomic E-state index is 0.0591. The van der Waals surface area contributed by atoms with Gasteiger partial charge in [0.2, 0.25) is 10.0 Å². The van der Waals surface area contributed by atoms with E-state index in [-0.39, 0.29) is 47.2 Å². The summed E-state index contributed by atoms with van der Waals surface area (Å²) in [6.07, 6.45) is 1.44. The van der Waals surface area contributed by atoms with E-state index in [0.717, 1.165) is 0 Å². The van der Waals surface area contributed by atoms with Crippen LogP contribution in [0, 0.1) is 0 Å². The molecular weight excluding hydrogens is 474 g/mol. The molecule has 0 amide bonds. The first-order chi connectivity index (χ1) is 15.8. The van der Waals surface area contributed by atoms with E-state index in [1.807, 2.05) is 0 Å². The molecule has 4 rings (SSSR count). The number of sulfonamides is 1. The van der Waals surface area contributed by atoms with Crippen molar-refractivity contribution >= 4 is 33.2 Å². The number of morpholine rings is 1. The second kappa shape index (κ2) is 9.48. The molecule has 12 heteroatoms. The summed E-state index contributed by atoms with van der Waals surface area (Å²) in [6.45, 7) is 0.756. The Morgan fingerprint density at radius 3 is 2.67 bits per heavy atom. The van der Waals surface area contributed by atoms with Gasteiger partial charge in [-0.1, -0.05) is 11.6 Å². The van der Waals surface area contributed by atoms with E-state index in [9.17, 15) is 18.0 Å². The normalized spacial score (nSPS) is 14.8. The van der Waals surface area contributed by atoms with Gasteiger partial charge in [0.05, 0.1) is 35.9 Å². The molecule has 0 N–H and O–H groups in total. The molecule has 1 fully saturated rings. The maximum Gasteiger partial charge on any atom is 0.342 e. The predicted octanol–water partition coefficient (Wildman–Crippen LogP) is 1.73. The highest BCUT2D eigenvalue weighted by molar-refractivity contribution is 7.89. The van der Waals surface area contributed by atoms with Crippen LogP contribution in [0.3, 0.4) is 0 Å². The maximum absolute atomic E-state index is 12.9. The molecule has 0 saturated carbocycles. The third-order valence-electron chi connectivity index (χ3n) is 5.03. The second-order valence-electron chi connectivity index (χ2n) is 7.12. The number of carbonyl (C=O) groups excluding carboxylic acids is 1. The van der Waals surface area contributed by atoms with Gasteiger partial charge in [0, 0.05) is 25.4 Å². The Morgan fingerprint density at radius 1 is 1.18 bits per heavy atom. The Hall–Kier alpha value is -2.99. The molecule has 1 aliphatic rings. The van der Waals surface area contributed by atoms with Crippen molar-refractivity contribution in [3.8, 4) is 5.75 Å². The number of ether oxygens (including phenoxy) is 3. The van der Waals surface area contributed by atoms with Gasteiger partial charge in [-0.05, 0) is 30.3 Å². The highest BCUT2D eigenvalue weighted by Crippen LogP contribution is 2.26. The van der Waals surface area contributed by atoms with Crippen LogP contribution in [0.25, 0.3) is 5.65 Å². The van der Waals surface area contributed by atoms with E-state index in [1.54, 1.807) is 12.1 Å². The van der Waals surface area contributed by atoms with Crippen molar-refractivity contribution in [2.45, 2.75) is 11.5 Å². The number of carbonyl (C=O) groups is 1. The molecule has 10 nitrogen and oxygen atoms in total. The summed E-state index contributed by atoms with van der Waals surface area (Å²) in [5, 5.41) is 0.379. The van der Waals surface area contributed by atoms with Gasteiger partial charge in [0.1, 0.15) is 23.6 Å². The fourth-order valence-corrected chi connectivity index (χ4v) is 4.96. The lowest BCUT2D eigenvalue weighted by Gasteiger charge is -2.26. The van der Waals surface area contributed by atoms with Crippen LogP contribution in [-0.4, -0.2) is 61.5 Å². The van der Waals surface area contributed by atoms with Crippen LogP contribution in [0.2, 0.25) is 5.02 Å². The van der Waals surface area contributed by atoms with E-state index < -0.39 is 16.0 Å². The number of halogens is 1. The van der Waals surface area contributed by atoms with E-state index in [4.69, 9.17) is 25.8 Å². The lowest BCUT2D eigenvalue weighted by Crippen LogP contribution is -2.40. The molecule has 0 unspecified atom stereocenters. The minimum Gasteiger partial charge on any atom is -0.496 e. The highest BCUT2D eigenvalue weighted by Gasteiger charge is 2.28. The summed E-state index contributed by atoms with van der Waals surface area (Å²) >= 11 is 5.90. The zero-order valence-corrected chi connectivity index (χ0v) is 19.1. The lowest BCUT2D eigenvalue weighted by molar-refractivity contribution is 0.0463. The van der Waals surface area contributed by atoms with Gasteiger partial charge in [0.25, 0.3) is 5.56 Å². The minimum atomic E-state index is -3.82. The molecule has 3 aromatic rings. The number of hydrogen-bond donors (Lipinski definition) is 0. The Balaban J connectivity index is 1.57. The number of pyridine rings is 1. The molecule has 0 bridgehead atoms. The fourth-order valence-electron chi connectivity index (χ4n) is 3.36.